The fourth-order valence-electron chi connectivity index (χ4n) is 2.52. The minimum Gasteiger partial charge on any atom is -0.369 e. The Kier molecular flexibility index (Phi) is 4.01. The summed E-state index contributed by atoms with van der Waals surface area (Å²) in [5.41, 5.74) is 9.76. The van der Waals surface area contributed by atoms with Crippen LogP contribution in [0.3, 0.4) is 0 Å². The summed E-state index contributed by atoms with van der Waals surface area (Å²) in [4.78, 5) is 4.27. The Bertz CT molecular complexity index is 687. The van der Waals surface area contributed by atoms with Crippen molar-refractivity contribution in [2.24, 2.45) is 0 Å². The largest absolute Gasteiger partial charge is 0.369 e. The summed E-state index contributed by atoms with van der Waals surface area (Å²) in [5, 5.41) is 0. The van der Waals surface area contributed by atoms with E-state index < -0.39 is 0 Å². The molecule has 0 bridgehead atoms. The molecule has 3 heteroatoms. The zero-order chi connectivity index (χ0) is 14.5. The molecule has 0 saturated heterocycles. The molecule has 0 amide bonds. The van der Waals surface area contributed by atoms with E-state index in [0.29, 0.717) is 5.95 Å². The number of anilines is 1. The van der Waals surface area contributed by atoms with Gasteiger partial charge in [-0.1, -0.05) is 60.7 Å². The van der Waals surface area contributed by atoms with E-state index in [2.05, 4.69) is 58.1 Å². The number of benzene rings is 2. The summed E-state index contributed by atoms with van der Waals surface area (Å²) < 4.78 is 2.11. The first-order valence-electron chi connectivity index (χ1n) is 7.20. The lowest BCUT2D eigenvalue weighted by atomic mass is 10.1. The number of hydrogen-bond acceptors (Lipinski definition) is 2. The molecule has 3 nitrogen and oxygen atoms in total. The maximum atomic E-state index is 6.01. The molecule has 1 heterocycles. The summed E-state index contributed by atoms with van der Waals surface area (Å²) in [7, 11) is 0. The van der Waals surface area contributed by atoms with Crippen molar-refractivity contribution in [1.29, 1.82) is 0 Å². The average molecular weight is 277 g/mol. The molecule has 0 spiro atoms. The van der Waals surface area contributed by atoms with E-state index in [4.69, 9.17) is 5.73 Å². The number of imidazole rings is 1. The first-order chi connectivity index (χ1) is 10.3. The van der Waals surface area contributed by atoms with Crippen molar-refractivity contribution in [3.8, 4) is 0 Å². The molecule has 106 valence electrons. The SMILES string of the molecule is Nc1ncc(Cc2ccccc2)n1CCc1ccccc1. The molecule has 0 aliphatic carbocycles. The van der Waals surface area contributed by atoms with Crippen molar-refractivity contribution in [3.63, 3.8) is 0 Å². The first-order valence-corrected chi connectivity index (χ1v) is 7.20. The molecule has 0 atom stereocenters. The third-order valence-corrected chi connectivity index (χ3v) is 3.66. The van der Waals surface area contributed by atoms with Gasteiger partial charge in [-0.3, -0.25) is 0 Å². The molecule has 3 aromatic rings. The van der Waals surface area contributed by atoms with Crippen LogP contribution in [0.5, 0.6) is 0 Å². The van der Waals surface area contributed by atoms with E-state index in [-0.39, 0.29) is 0 Å². The van der Waals surface area contributed by atoms with Crippen molar-refractivity contribution in [3.05, 3.63) is 83.7 Å². The maximum absolute atomic E-state index is 6.01. The minimum absolute atomic E-state index is 0.594. The number of nitrogen functional groups attached to an aromatic ring is 1. The molecule has 0 aliphatic rings. The molecule has 0 radical (unpaired) electrons. The van der Waals surface area contributed by atoms with Gasteiger partial charge in [0.1, 0.15) is 0 Å². The van der Waals surface area contributed by atoms with Gasteiger partial charge in [0.25, 0.3) is 0 Å². The Morgan fingerprint density at radius 2 is 1.48 bits per heavy atom. The second kappa shape index (κ2) is 6.27. The highest BCUT2D eigenvalue weighted by Gasteiger charge is 2.08. The molecule has 0 aliphatic heterocycles. The van der Waals surface area contributed by atoms with E-state index in [0.717, 1.165) is 25.1 Å². The van der Waals surface area contributed by atoms with Crippen molar-refractivity contribution in [1.82, 2.24) is 9.55 Å². The molecule has 2 N–H and O–H groups in total. The second-order valence-electron chi connectivity index (χ2n) is 5.16. The number of nitrogens with zero attached hydrogens (tertiary/aromatic N) is 2. The van der Waals surface area contributed by atoms with Gasteiger partial charge in [-0.2, -0.15) is 0 Å². The molecular weight excluding hydrogens is 258 g/mol. The Balaban J connectivity index is 1.74. The fourth-order valence-corrected chi connectivity index (χ4v) is 2.52. The Morgan fingerprint density at radius 3 is 2.14 bits per heavy atom. The van der Waals surface area contributed by atoms with E-state index in [1.807, 2.05) is 18.3 Å². The predicted octanol–water partition coefficient (Wildman–Crippen LogP) is 3.30. The van der Waals surface area contributed by atoms with Crippen LogP contribution in [-0.4, -0.2) is 9.55 Å². The zero-order valence-electron chi connectivity index (χ0n) is 11.9. The highest BCUT2D eigenvalue weighted by atomic mass is 15.1. The van der Waals surface area contributed by atoms with Gasteiger partial charge in [-0.05, 0) is 17.5 Å². The van der Waals surface area contributed by atoms with Gasteiger partial charge in [-0.15, -0.1) is 0 Å². The van der Waals surface area contributed by atoms with Crippen LogP contribution in [0.15, 0.2) is 66.9 Å². The monoisotopic (exact) mass is 277 g/mol. The summed E-state index contributed by atoms with van der Waals surface area (Å²) in [6.45, 7) is 0.859. The fraction of sp³-hybridized carbons (Fsp3) is 0.167. The number of hydrogen-bond donors (Lipinski definition) is 1. The Morgan fingerprint density at radius 1 is 0.857 bits per heavy atom. The first kappa shape index (κ1) is 13.4. The van der Waals surface area contributed by atoms with Gasteiger partial charge in [0.15, 0.2) is 5.95 Å². The zero-order valence-corrected chi connectivity index (χ0v) is 11.9. The van der Waals surface area contributed by atoms with Crippen LogP contribution in [0, 0.1) is 0 Å². The molecule has 0 fully saturated rings. The van der Waals surface area contributed by atoms with Gasteiger partial charge in [0.05, 0.1) is 6.20 Å². The van der Waals surface area contributed by atoms with Crippen molar-refractivity contribution < 1.29 is 0 Å². The molecular formula is C18H19N3. The highest BCUT2D eigenvalue weighted by Crippen LogP contribution is 2.14. The van der Waals surface area contributed by atoms with Gasteiger partial charge < -0.3 is 10.3 Å². The van der Waals surface area contributed by atoms with Crippen molar-refractivity contribution in [2.75, 3.05) is 5.73 Å². The normalized spacial score (nSPS) is 10.7. The van der Waals surface area contributed by atoms with Crippen molar-refractivity contribution in [2.45, 2.75) is 19.4 Å². The minimum atomic E-state index is 0.594. The molecule has 0 saturated carbocycles. The quantitative estimate of drug-likeness (QED) is 0.777. The summed E-state index contributed by atoms with van der Waals surface area (Å²) in [6, 6.07) is 20.9. The van der Waals surface area contributed by atoms with E-state index in [1.165, 1.54) is 11.1 Å². The molecule has 0 unspecified atom stereocenters. The third kappa shape index (κ3) is 3.31. The third-order valence-electron chi connectivity index (χ3n) is 3.66. The van der Waals surface area contributed by atoms with Crippen molar-refractivity contribution >= 4 is 5.95 Å². The molecule has 21 heavy (non-hydrogen) atoms. The van der Waals surface area contributed by atoms with Crippen LogP contribution in [0.4, 0.5) is 5.95 Å². The highest BCUT2D eigenvalue weighted by molar-refractivity contribution is 5.28. The Labute approximate surface area is 125 Å². The topological polar surface area (TPSA) is 43.8 Å². The predicted molar refractivity (Wildman–Crippen MR) is 86.0 cm³/mol. The van der Waals surface area contributed by atoms with Crippen LogP contribution in [0.25, 0.3) is 0 Å². The maximum Gasteiger partial charge on any atom is 0.200 e. The van der Waals surface area contributed by atoms with E-state index >= 15 is 0 Å². The van der Waals surface area contributed by atoms with Gasteiger partial charge in [0, 0.05) is 18.7 Å². The van der Waals surface area contributed by atoms with Crippen LogP contribution < -0.4 is 5.73 Å². The van der Waals surface area contributed by atoms with Crippen LogP contribution >= 0.6 is 0 Å². The number of nitrogens with two attached hydrogens (primary N) is 1. The summed E-state index contributed by atoms with van der Waals surface area (Å²) in [6.07, 6.45) is 3.70. The van der Waals surface area contributed by atoms with E-state index in [9.17, 15) is 0 Å². The van der Waals surface area contributed by atoms with Gasteiger partial charge in [-0.25, -0.2) is 4.98 Å². The lowest BCUT2D eigenvalue weighted by Crippen LogP contribution is -2.09. The molecule has 1 aromatic heterocycles. The van der Waals surface area contributed by atoms with Gasteiger partial charge >= 0.3 is 0 Å². The van der Waals surface area contributed by atoms with Crippen LogP contribution in [-0.2, 0) is 19.4 Å². The number of aromatic nitrogens is 2. The summed E-state index contributed by atoms with van der Waals surface area (Å²) in [5.74, 6) is 0.594. The molecule has 3 rings (SSSR count). The smallest absolute Gasteiger partial charge is 0.200 e. The lowest BCUT2D eigenvalue weighted by Gasteiger charge is -2.10. The molecule has 2 aromatic carbocycles. The second-order valence-corrected chi connectivity index (χ2v) is 5.16. The Hall–Kier alpha value is -2.55. The number of rotatable bonds is 5. The van der Waals surface area contributed by atoms with Gasteiger partial charge in [0.2, 0.25) is 0 Å². The average Bonchev–Trinajstić information content (AvgIpc) is 2.87. The summed E-state index contributed by atoms with van der Waals surface area (Å²) >= 11 is 0. The number of aryl methyl sites for hydroxylation is 1. The van der Waals surface area contributed by atoms with Crippen LogP contribution in [0.1, 0.15) is 16.8 Å². The van der Waals surface area contributed by atoms with Crippen LogP contribution in [0.2, 0.25) is 0 Å². The lowest BCUT2D eigenvalue weighted by molar-refractivity contribution is 0.678. The standard InChI is InChI=1S/C18H19N3/c19-18-20-14-17(13-16-9-5-2-6-10-16)21(18)12-11-15-7-3-1-4-8-15/h1-10,14H,11-13H2,(H2,19,20). The van der Waals surface area contributed by atoms with E-state index in [1.54, 1.807) is 0 Å².